The van der Waals surface area contributed by atoms with Crippen molar-refractivity contribution in [2.75, 3.05) is 6.54 Å². The van der Waals surface area contributed by atoms with Crippen molar-refractivity contribution < 1.29 is 0 Å². The Kier molecular flexibility index (Phi) is 2.07. The van der Waals surface area contributed by atoms with Gasteiger partial charge in [-0.15, -0.1) is 0 Å². The molecule has 1 saturated carbocycles. The summed E-state index contributed by atoms with van der Waals surface area (Å²) in [7, 11) is 0. The lowest BCUT2D eigenvalue weighted by Crippen LogP contribution is -2.22. The lowest BCUT2D eigenvalue weighted by molar-refractivity contribution is 0.666. The van der Waals surface area contributed by atoms with Crippen molar-refractivity contribution in [2.45, 2.75) is 25.2 Å². The number of nitrogens with two attached hydrogens (primary N) is 1. The molecule has 2 heterocycles. The molecule has 2 N–H and O–H groups in total. The van der Waals surface area contributed by atoms with E-state index in [4.69, 9.17) is 17.3 Å². The van der Waals surface area contributed by atoms with Crippen molar-refractivity contribution in [1.29, 1.82) is 0 Å². The van der Waals surface area contributed by atoms with E-state index in [0.717, 1.165) is 10.5 Å². The SMILES string of the molecule is Cc1c(Cl)c2ccccn2c1C1(CN)CC1. The van der Waals surface area contributed by atoms with E-state index in [0.29, 0.717) is 6.54 Å². The molecule has 0 unspecified atom stereocenters. The third-order valence-corrected chi connectivity index (χ3v) is 4.23. The topological polar surface area (TPSA) is 30.4 Å². The Morgan fingerprint density at radius 3 is 2.81 bits per heavy atom. The van der Waals surface area contributed by atoms with Crippen molar-refractivity contribution in [3.8, 4) is 0 Å². The third kappa shape index (κ3) is 1.17. The first kappa shape index (κ1) is 10.2. The Labute approximate surface area is 100 Å². The molecule has 0 aromatic carbocycles. The largest absolute Gasteiger partial charge is 0.330 e. The molecule has 2 aromatic rings. The van der Waals surface area contributed by atoms with Gasteiger partial charge in [0.15, 0.2) is 0 Å². The van der Waals surface area contributed by atoms with Gasteiger partial charge in [-0.1, -0.05) is 17.7 Å². The first-order valence-corrected chi connectivity index (χ1v) is 6.03. The Hall–Kier alpha value is -0.990. The minimum Gasteiger partial charge on any atom is -0.330 e. The number of fused-ring (bicyclic) bond motifs is 1. The van der Waals surface area contributed by atoms with Crippen LogP contribution in [-0.4, -0.2) is 10.9 Å². The summed E-state index contributed by atoms with van der Waals surface area (Å²) in [6.07, 6.45) is 4.45. The van der Waals surface area contributed by atoms with Gasteiger partial charge in [0.05, 0.1) is 10.5 Å². The maximum Gasteiger partial charge on any atom is 0.0693 e. The van der Waals surface area contributed by atoms with E-state index in [9.17, 15) is 0 Å². The molecule has 2 nitrogen and oxygen atoms in total. The number of halogens is 1. The lowest BCUT2D eigenvalue weighted by atomic mass is 10.00. The molecule has 84 valence electrons. The molecule has 0 amide bonds. The summed E-state index contributed by atoms with van der Waals surface area (Å²) < 4.78 is 2.21. The van der Waals surface area contributed by atoms with Gasteiger partial charge in [0.2, 0.25) is 0 Å². The van der Waals surface area contributed by atoms with E-state index in [1.54, 1.807) is 0 Å². The molecular weight excluding hydrogens is 220 g/mol. The zero-order valence-corrected chi connectivity index (χ0v) is 10.1. The van der Waals surface area contributed by atoms with Gasteiger partial charge in [-0.25, -0.2) is 0 Å². The summed E-state index contributed by atoms with van der Waals surface area (Å²) in [4.78, 5) is 0. The second-order valence-corrected chi connectivity index (χ2v) is 5.11. The molecule has 0 spiro atoms. The van der Waals surface area contributed by atoms with E-state index in [-0.39, 0.29) is 5.41 Å². The second kappa shape index (κ2) is 3.25. The maximum atomic E-state index is 6.38. The molecule has 1 aliphatic carbocycles. The zero-order chi connectivity index (χ0) is 11.3. The van der Waals surface area contributed by atoms with Gasteiger partial charge in [-0.3, -0.25) is 0 Å². The smallest absolute Gasteiger partial charge is 0.0693 e. The van der Waals surface area contributed by atoms with Gasteiger partial charge in [-0.2, -0.15) is 0 Å². The minimum atomic E-state index is 0.182. The van der Waals surface area contributed by atoms with E-state index in [1.807, 2.05) is 12.1 Å². The standard InChI is InChI=1S/C13H15ClN2/c1-9-11(14)10-4-2-3-7-16(10)12(9)13(8-15)5-6-13/h2-4,7H,5-6,8,15H2,1H3. The molecule has 0 aliphatic heterocycles. The van der Waals surface area contributed by atoms with Crippen LogP contribution in [0.1, 0.15) is 24.1 Å². The number of rotatable bonds is 2. The fraction of sp³-hybridized carbons (Fsp3) is 0.385. The van der Waals surface area contributed by atoms with Gasteiger partial charge >= 0.3 is 0 Å². The summed E-state index contributed by atoms with van der Waals surface area (Å²) in [5, 5.41) is 0.871. The minimum absolute atomic E-state index is 0.182. The lowest BCUT2D eigenvalue weighted by Gasteiger charge is -2.14. The number of pyridine rings is 1. The highest BCUT2D eigenvalue weighted by atomic mass is 35.5. The molecule has 0 atom stereocenters. The highest BCUT2D eigenvalue weighted by molar-refractivity contribution is 6.35. The first-order valence-electron chi connectivity index (χ1n) is 5.65. The molecule has 16 heavy (non-hydrogen) atoms. The molecule has 0 saturated heterocycles. The van der Waals surface area contributed by atoms with Crippen LogP contribution in [0, 0.1) is 6.92 Å². The highest BCUT2D eigenvalue weighted by Crippen LogP contribution is 2.50. The van der Waals surface area contributed by atoms with E-state index < -0.39 is 0 Å². The van der Waals surface area contributed by atoms with Gasteiger partial charge in [0, 0.05) is 23.9 Å². The van der Waals surface area contributed by atoms with Crippen molar-refractivity contribution >= 4 is 17.1 Å². The van der Waals surface area contributed by atoms with Crippen LogP contribution in [0.2, 0.25) is 5.02 Å². The van der Waals surface area contributed by atoms with Crippen LogP contribution in [0.4, 0.5) is 0 Å². The monoisotopic (exact) mass is 234 g/mol. The molecule has 0 radical (unpaired) electrons. The van der Waals surface area contributed by atoms with Crippen LogP contribution in [0.5, 0.6) is 0 Å². The van der Waals surface area contributed by atoms with Crippen molar-refractivity contribution in [3.63, 3.8) is 0 Å². The Balaban J connectivity index is 2.36. The summed E-state index contributed by atoms with van der Waals surface area (Å²) in [5.41, 5.74) is 9.70. The predicted molar refractivity (Wildman–Crippen MR) is 67.1 cm³/mol. The summed E-state index contributed by atoms with van der Waals surface area (Å²) >= 11 is 6.38. The third-order valence-electron chi connectivity index (χ3n) is 3.76. The van der Waals surface area contributed by atoms with Crippen LogP contribution < -0.4 is 5.73 Å². The average molecular weight is 235 g/mol. The van der Waals surface area contributed by atoms with Crippen LogP contribution in [0.25, 0.3) is 5.52 Å². The van der Waals surface area contributed by atoms with Gasteiger partial charge in [-0.05, 0) is 37.5 Å². The highest BCUT2D eigenvalue weighted by Gasteiger charge is 2.46. The Morgan fingerprint density at radius 2 is 2.19 bits per heavy atom. The molecule has 1 aliphatic rings. The predicted octanol–water partition coefficient (Wildman–Crippen LogP) is 2.89. The fourth-order valence-electron chi connectivity index (χ4n) is 2.64. The average Bonchev–Trinajstić information content (AvgIpc) is 3.05. The van der Waals surface area contributed by atoms with Crippen LogP contribution in [-0.2, 0) is 5.41 Å². The molecule has 3 heteroatoms. The maximum absolute atomic E-state index is 6.38. The number of hydrogen-bond acceptors (Lipinski definition) is 1. The van der Waals surface area contributed by atoms with E-state index >= 15 is 0 Å². The van der Waals surface area contributed by atoms with E-state index in [2.05, 4.69) is 23.6 Å². The van der Waals surface area contributed by atoms with Crippen LogP contribution in [0.3, 0.4) is 0 Å². The second-order valence-electron chi connectivity index (χ2n) is 4.73. The molecule has 1 fully saturated rings. The summed E-state index contributed by atoms with van der Waals surface area (Å²) in [5.74, 6) is 0. The molecular formula is C13H15ClN2. The molecule has 2 aromatic heterocycles. The first-order chi connectivity index (χ1) is 7.69. The summed E-state index contributed by atoms with van der Waals surface area (Å²) in [6, 6.07) is 6.12. The van der Waals surface area contributed by atoms with Crippen molar-refractivity contribution in [3.05, 3.63) is 40.7 Å². The van der Waals surface area contributed by atoms with Gasteiger partial charge < -0.3 is 10.1 Å². The van der Waals surface area contributed by atoms with Gasteiger partial charge in [0.25, 0.3) is 0 Å². The van der Waals surface area contributed by atoms with Crippen molar-refractivity contribution in [1.82, 2.24) is 4.40 Å². The molecule has 0 bridgehead atoms. The van der Waals surface area contributed by atoms with Crippen LogP contribution in [0.15, 0.2) is 24.4 Å². The van der Waals surface area contributed by atoms with Crippen molar-refractivity contribution in [2.24, 2.45) is 5.73 Å². The molecule has 3 rings (SSSR count). The van der Waals surface area contributed by atoms with E-state index in [1.165, 1.54) is 24.1 Å². The fourth-order valence-corrected chi connectivity index (χ4v) is 2.88. The normalized spacial score (nSPS) is 17.9. The van der Waals surface area contributed by atoms with Crippen LogP contribution >= 0.6 is 11.6 Å². The zero-order valence-electron chi connectivity index (χ0n) is 9.33. The number of hydrogen-bond donors (Lipinski definition) is 1. The Morgan fingerprint density at radius 1 is 1.44 bits per heavy atom. The Bertz CT molecular complexity index is 552. The summed E-state index contributed by atoms with van der Waals surface area (Å²) in [6.45, 7) is 2.81. The van der Waals surface area contributed by atoms with Gasteiger partial charge in [0.1, 0.15) is 0 Å². The number of aromatic nitrogens is 1. The quantitative estimate of drug-likeness (QED) is 0.851. The number of nitrogens with zero attached hydrogens (tertiary/aromatic N) is 1.